The lowest BCUT2D eigenvalue weighted by molar-refractivity contribution is 0.0988. The third-order valence-corrected chi connectivity index (χ3v) is 3.13. The van der Waals surface area contributed by atoms with Crippen molar-refractivity contribution in [2.75, 3.05) is 10.6 Å². The Morgan fingerprint density at radius 2 is 1.72 bits per heavy atom. The van der Waals surface area contributed by atoms with E-state index in [1.165, 1.54) is 36.6 Å². The first-order chi connectivity index (χ1) is 12.0. The highest BCUT2D eigenvalue weighted by Crippen LogP contribution is 2.14. The number of hydrogen-bond acceptors (Lipinski definition) is 6. The van der Waals surface area contributed by atoms with Crippen LogP contribution >= 0.6 is 0 Å². The summed E-state index contributed by atoms with van der Waals surface area (Å²) >= 11 is 0. The molecule has 0 bridgehead atoms. The van der Waals surface area contributed by atoms with Crippen molar-refractivity contribution in [3.05, 3.63) is 65.9 Å². The maximum atomic E-state index is 12.1. The second-order valence-electron chi connectivity index (χ2n) is 4.87. The lowest BCUT2D eigenvalue weighted by Gasteiger charge is -2.03. The molecule has 4 N–H and O–H groups in total. The van der Waals surface area contributed by atoms with Gasteiger partial charge in [-0.15, -0.1) is 0 Å². The van der Waals surface area contributed by atoms with Crippen LogP contribution in [0.1, 0.15) is 31.4 Å². The Morgan fingerprint density at radius 3 is 2.36 bits per heavy atom. The first-order valence-corrected chi connectivity index (χ1v) is 7.04. The summed E-state index contributed by atoms with van der Waals surface area (Å²) in [5, 5.41) is 4.94. The molecule has 2 aromatic heterocycles. The number of aromatic nitrogens is 1. The molecule has 0 unspecified atom stereocenters. The van der Waals surface area contributed by atoms with Gasteiger partial charge in [0.15, 0.2) is 11.5 Å². The molecule has 25 heavy (non-hydrogen) atoms. The molecular weight excluding hydrogens is 328 g/mol. The third kappa shape index (κ3) is 3.72. The summed E-state index contributed by atoms with van der Waals surface area (Å²) in [6.07, 6.45) is 2.46. The summed E-state index contributed by atoms with van der Waals surface area (Å²) in [5.74, 6) is -1.58. The molecule has 0 saturated heterocycles. The quantitative estimate of drug-likeness (QED) is 0.647. The van der Waals surface area contributed by atoms with Crippen LogP contribution < -0.4 is 16.4 Å². The number of nitrogens with one attached hydrogen (secondary N) is 2. The number of nitrogens with zero attached hydrogens (tertiary/aromatic N) is 1. The predicted molar refractivity (Wildman–Crippen MR) is 86.1 cm³/mol. The molecule has 0 spiro atoms. The van der Waals surface area contributed by atoms with Crippen molar-refractivity contribution in [3.8, 4) is 0 Å². The van der Waals surface area contributed by atoms with Gasteiger partial charge in [-0.1, -0.05) is 0 Å². The van der Waals surface area contributed by atoms with Gasteiger partial charge >= 0.3 is 6.01 Å². The number of primary amides is 1. The van der Waals surface area contributed by atoms with E-state index in [2.05, 4.69) is 15.6 Å². The molecule has 0 radical (unpaired) electrons. The predicted octanol–water partition coefficient (Wildman–Crippen LogP) is 1.87. The fraction of sp³-hybridized carbons (Fsp3) is 0. The van der Waals surface area contributed by atoms with Crippen molar-refractivity contribution in [2.45, 2.75) is 0 Å². The smallest absolute Gasteiger partial charge is 0.302 e. The SMILES string of the molecule is NC(=O)c1ccc(NC(=O)c2coc(NC(=O)c3ccco3)n2)cc1. The van der Waals surface area contributed by atoms with Gasteiger partial charge in [0.05, 0.1) is 6.26 Å². The van der Waals surface area contributed by atoms with Crippen molar-refractivity contribution in [2.24, 2.45) is 5.73 Å². The van der Waals surface area contributed by atoms with E-state index in [0.717, 1.165) is 6.26 Å². The van der Waals surface area contributed by atoms with Crippen LogP contribution in [0.15, 0.2) is 57.8 Å². The minimum absolute atomic E-state index is 0.0336. The maximum absolute atomic E-state index is 12.1. The van der Waals surface area contributed by atoms with E-state index in [1.807, 2.05) is 0 Å². The number of rotatable bonds is 5. The van der Waals surface area contributed by atoms with Crippen molar-refractivity contribution in [3.63, 3.8) is 0 Å². The fourth-order valence-corrected chi connectivity index (χ4v) is 1.91. The standard InChI is InChI=1S/C16H12N4O5/c17-13(21)9-3-5-10(6-4-9)18-14(22)11-8-25-16(19-11)20-15(23)12-2-1-7-24-12/h1-8H,(H2,17,21)(H,18,22)(H,19,20,23). The van der Waals surface area contributed by atoms with Crippen LogP contribution in [0.3, 0.4) is 0 Å². The molecular formula is C16H12N4O5. The number of carbonyl (C=O) groups is 3. The van der Waals surface area contributed by atoms with Gasteiger partial charge in [0.25, 0.3) is 11.8 Å². The molecule has 0 saturated carbocycles. The molecule has 3 rings (SSSR count). The number of carbonyl (C=O) groups excluding carboxylic acids is 3. The van der Waals surface area contributed by atoms with E-state index in [9.17, 15) is 14.4 Å². The topological polar surface area (TPSA) is 140 Å². The molecule has 0 aliphatic heterocycles. The molecule has 0 aliphatic carbocycles. The lowest BCUT2D eigenvalue weighted by atomic mass is 10.2. The zero-order valence-corrected chi connectivity index (χ0v) is 12.7. The molecule has 126 valence electrons. The van der Waals surface area contributed by atoms with Crippen LogP contribution in [-0.4, -0.2) is 22.7 Å². The molecule has 0 atom stereocenters. The largest absolute Gasteiger partial charge is 0.459 e. The van der Waals surface area contributed by atoms with E-state index in [0.29, 0.717) is 11.3 Å². The van der Waals surface area contributed by atoms with Gasteiger partial charge in [0.2, 0.25) is 5.91 Å². The number of amides is 3. The van der Waals surface area contributed by atoms with Gasteiger partial charge in [-0.05, 0) is 36.4 Å². The van der Waals surface area contributed by atoms with Gasteiger partial charge in [-0.2, -0.15) is 4.98 Å². The molecule has 3 aromatic rings. The number of benzene rings is 1. The number of nitrogens with two attached hydrogens (primary N) is 1. The fourth-order valence-electron chi connectivity index (χ4n) is 1.91. The molecule has 9 nitrogen and oxygen atoms in total. The first-order valence-electron chi connectivity index (χ1n) is 7.04. The maximum Gasteiger partial charge on any atom is 0.302 e. The summed E-state index contributed by atoms with van der Waals surface area (Å²) in [4.78, 5) is 38.8. The van der Waals surface area contributed by atoms with E-state index in [1.54, 1.807) is 6.07 Å². The van der Waals surface area contributed by atoms with E-state index >= 15 is 0 Å². The Hall–Kier alpha value is -3.88. The van der Waals surface area contributed by atoms with E-state index in [4.69, 9.17) is 14.6 Å². The number of furan rings is 1. The van der Waals surface area contributed by atoms with E-state index in [-0.39, 0.29) is 17.5 Å². The van der Waals surface area contributed by atoms with Crippen LogP contribution in [0.2, 0.25) is 0 Å². The molecule has 9 heteroatoms. The Morgan fingerprint density at radius 1 is 0.960 bits per heavy atom. The van der Waals surface area contributed by atoms with Crippen molar-refractivity contribution >= 4 is 29.4 Å². The van der Waals surface area contributed by atoms with Crippen molar-refractivity contribution in [1.82, 2.24) is 4.98 Å². The van der Waals surface area contributed by atoms with Crippen LogP contribution in [0, 0.1) is 0 Å². The van der Waals surface area contributed by atoms with Gasteiger partial charge in [-0.25, -0.2) is 0 Å². The van der Waals surface area contributed by atoms with Crippen LogP contribution in [0.4, 0.5) is 11.7 Å². The minimum atomic E-state index is -0.564. The summed E-state index contributed by atoms with van der Waals surface area (Å²) < 4.78 is 9.97. The highest BCUT2D eigenvalue weighted by Gasteiger charge is 2.16. The monoisotopic (exact) mass is 340 g/mol. The van der Waals surface area contributed by atoms with E-state index < -0.39 is 17.7 Å². The normalized spacial score (nSPS) is 10.2. The van der Waals surface area contributed by atoms with Crippen molar-refractivity contribution in [1.29, 1.82) is 0 Å². The first kappa shape index (κ1) is 16.0. The Kier molecular flexibility index (Phi) is 4.29. The molecule has 0 fully saturated rings. The zero-order chi connectivity index (χ0) is 17.8. The molecule has 0 aliphatic rings. The number of hydrogen-bond donors (Lipinski definition) is 3. The minimum Gasteiger partial charge on any atom is -0.459 e. The molecule has 3 amide bonds. The van der Waals surface area contributed by atoms with Gasteiger partial charge in [-0.3, -0.25) is 19.7 Å². The lowest BCUT2D eigenvalue weighted by Crippen LogP contribution is -2.14. The van der Waals surface area contributed by atoms with Crippen LogP contribution in [0.25, 0.3) is 0 Å². The summed E-state index contributed by atoms with van der Waals surface area (Å²) in [6, 6.07) is 8.91. The molecule has 2 heterocycles. The van der Waals surface area contributed by atoms with Gasteiger partial charge < -0.3 is 19.9 Å². The number of anilines is 2. The average molecular weight is 340 g/mol. The Bertz CT molecular complexity index is 912. The molecule has 1 aromatic carbocycles. The summed E-state index contributed by atoms with van der Waals surface area (Å²) in [7, 11) is 0. The third-order valence-electron chi connectivity index (χ3n) is 3.13. The van der Waals surface area contributed by atoms with Crippen molar-refractivity contribution < 1.29 is 23.2 Å². The Balaban J connectivity index is 1.64. The zero-order valence-electron chi connectivity index (χ0n) is 12.7. The van der Waals surface area contributed by atoms with Crippen LogP contribution in [0.5, 0.6) is 0 Å². The van der Waals surface area contributed by atoms with Gasteiger partial charge in [0, 0.05) is 11.3 Å². The Labute approximate surface area is 140 Å². The summed E-state index contributed by atoms with van der Waals surface area (Å²) in [6.45, 7) is 0. The second-order valence-corrected chi connectivity index (χ2v) is 4.87. The highest BCUT2D eigenvalue weighted by molar-refractivity contribution is 6.04. The highest BCUT2D eigenvalue weighted by atomic mass is 16.4. The average Bonchev–Trinajstić information content (AvgIpc) is 3.27. The number of oxazole rings is 1. The second kappa shape index (κ2) is 6.71. The van der Waals surface area contributed by atoms with Crippen LogP contribution in [-0.2, 0) is 0 Å². The van der Waals surface area contributed by atoms with Gasteiger partial charge in [0.1, 0.15) is 6.26 Å². The summed E-state index contributed by atoms with van der Waals surface area (Å²) in [5.41, 5.74) is 5.88.